The molecule has 11 heteroatoms. The molecule has 0 radical (unpaired) electrons. The first kappa shape index (κ1) is 23.3. The van der Waals surface area contributed by atoms with Crippen LogP contribution in [0.5, 0.6) is 5.75 Å². The van der Waals surface area contributed by atoms with E-state index in [1.807, 2.05) is 12.1 Å². The summed E-state index contributed by atoms with van der Waals surface area (Å²) in [5.41, 5.74) is 0.290. The van der Waals surface area contributed by atoms with Gasteiger partial charge in [0.25, 0.3) is 11.1 Å². The van der Waals surface area contributed by atoms with Crippen LogP contribution in [-0.4, -0.2) is 29.8 Å². The Morgan fingerprint density at radius 1 is 1.24 bits per heavy atom. The highest BCUT2D eigenvalue weighted by Gasteiger charge is 2.18. The quantitative estimate of drug-likeness (QED) is 0.298. The lowest BCUT2D eigenvalue weighted by Gasteiger charge is -2.17. The van der Waals surface area contributed by atoms with Gasteiger partial charge >= 0.3 is 0 Å². The molecule has 0 unspecified atom stereocenters. The summed E-state index contributed by atoms with van der Waals surface area (Å²) in [5.74, 6) is 0.244. The molecule has 0 saturated heterocycles. The summed E-state index contributed by atoms with van der Waals surface area (Å²) in [6.07, 6.45) is 4.65. The molecule has 0 aliphatic heterocycles. The lowest BCUT2D eigenvalue weighted by Crippen LogP contribution is -2.31. The highest BCUT2D eigenvalue weighted by atomic mass is 127. The van der Waals surface area contributed by atoms with E-state index in [-0.39, 0.29) is 29.5 Å². The molecule has 0 aliphatic carbocycles. The van der Waals surface area contributed by atoms with Crippen LogP contribution in [0.2, 0.25) is 5.02 Å². The molecule has 0 amide bonds. The van der Waals surface area contributed by atoms with Crippen molar-refractivity contribution in [1.29, 1.82) is 0 Å². The number of ether oxygens (including phenoxy) is 1. The monoisotopic (exact) mass is 549 g/mol. The van der Waals surface area contributed by atoms with E-state index in [9.17, 15) is 9.59 Å². The number of hydrogen-bond acceptors (Lipinski definition) is 6. The number of rotatable bonds is 5. The van der Waals surface area contributed by atoms with E-state index < -0.39 is 10.4 Å². The van der Waals surface area contributed by atoms with Crippen LogP contribution in [0.25, 0.3) is 0 Å². The van der Waals surface area contributed by atoms with Crippen LogP contribution < -0.4 is 15.9 Å². The summed E-state index contributed by atoms with van der Waals surface area (Å²) in [6, 6.07) is 6.76. The first-order valence-electron chi connectivity index (χ1n) is 8.33. The number of nitrogens with zero attached hydrogens (tertiary/aromatic N) is 4. The minimum absolute atomic E-state index is 0.00520. The average Bonchev–Trinajstić information content (AvgIpc) is 2.66. The Labute approximate surface area is 190 Å². The second-order valence-electron chi connectivity index (χ2n) is 6.40. The number of alkyl halides is 1. The number of hydrogen-bond donors (Lipinski definition) is 1. The Hall–Kier alpha value is -1.98. The zero-order chi connectivity index (χ0) is 21.4. The number of pyridine rings is 1. The fourth-order valence-corrected chi connectivity index (χ4v) is 2.62. The standard InChI is InChI=1S/C14H14Cl2IN3O2.C4H4N2O/c1-14(2,16)8-20-13(21)12(15)10(6-19-20)22-7-9-3-4-11(17)18-5-9;7-4-2-1-3-5-6-4/h3-6H,7-8H2,1-2H3;1-3H,(H,6,7). The van der Waals surface area contributed by atoms with Crippen LogP contribution >= 0.6 is 45.8 Å². The van der Waals surface area contributed by atoms with Crippen LogP contribution in [0.15, 0.2) is 52.4 Å². The van der Waals surface area contributed by atoms with Gasteiger partial charge in [0.2, 0.25) is 0 Å². The molecule has 0 aliphatic rings. The molecule has 0 fully saturated rings. The number of nitrogens with one attached hydrogen (secondary N) is 1. The minimum atomic E-state index is -0.588. The first-order valence-corrected chi connectivity index (χ1v) is 10.2. The molecule has 154 valence electrons. The Morgan fingerprint density at radius 2 is 2.00 bits per heavy atom. The van der Waals surface area contributed by atoms with E-state index >= 15 is 0 Å². The third-order valence-electron chi connectivity index (χ3n) is 3.24. The van der Waals surface area contributed by atoms with Crippen LogP contribution in [0.4, 0.5) is 0 Å². The average molecular weight is 550 g/mol. The lowest BCUT2D eigenvalue weighted by atomic mass is 10.2. The fraction of sp³-hybridized carbons (Fsp3) is 0.278. The van der Waals surface area contributed by atoms with Gasteiger partial charge in [-0.2, -0.15) is 10.2 Å². The molecule has 3 heterocycles. The van der Waals surface area contributed by atoms with Crippen LogP contribution in [0.3, 0.4) is 0 Å². The largest absolute Gasteiger partial charge is 0.485 e. The van der Waals surface area contributed by atoms with Crippen molar-refractivity contribution >= 4 is 45.8 Å². The number of halogens is 3. The SMILES string of the molecule is CC(C)(Cl)Cn1ncc(OCc2ccc(I)nc2)c(Cl)c1=O.O=c1cccn[nH]1. The summed E-state index contributed by atoms with van der Waals surface area (Å²) in [5, 5.41) is 9.71. The van der Waals surface area contributed by atoms with Crippen molar-refractivity contribution in [3.63, 3.8) is 0 Å². The van der Waals surface area contributed by atoms with Gasteiger partial charge in [0.15, 0.2) is 10.8 Å². The van der Waals surface area contributed by atoms with Gasteiger partial charge in [-0.25, -0.2) is 14.8 Å². The molecular weight excluding hydrogens is 532 g/mol. The van der Waals surface area contributed by atoms with Gasteiger partial charge in [-0.15, -0.1) is 11.6 Å². The van der Waals surface area contributed by atoms with Crippen molar-refractivity contribution in [2.45, 2.75) is 31.9 Å². The van der Waals surface area contributed by atoms with Crippen molar-refractivity contribution in [3.05, 3.63) is 77.9 Å². The van der Waals surface area contributed by atoms with Gasteiger partial charge in [-0.05, 0) is 48.6 Å². The molecule has 3 aromatic heterocycles. The number of H-pyrrole nitrogens is 1. The van der Waals surface area contributed by atoms with E-state index in [1.165, 1.54) is 23.1 Å². The number of aromatic nitrogens is 5. The molecule has 0 bridgehead atoms. The lowest BCUT2D eigenvalue weighted by molar-refractivity contribution is 0.301. The summed E-state index contributed by atoms with van der Waals surface area (Å²) in [7, 11) is 0. The topological polar surface area (TPSA) is 103 Å². The molecule has 29 heavy (non-hydrogen) atoms. The summed E-state index contributed by atoms with van der Waals surface area (Å²) in [4.78, 5) is 25.9. The molecule has 3 rings (SSSR count). The van der Waals surface area contributed by atoms with E-state index in [2.05, 4.69) is 42.9 Å². The second-order valence-corrected chi connectivity index (χ2v) is 8.90. The smallest absolute Gasteiger partial charge is 0.289 e. The van der Waals surface area contributed by atoms with E-state index in [1.54, 1.807) is 26.1 Å². The molecule has 0 spiro atoms. The van der Waals surface area contributed by atoms with Crippen molar-refractivity contribution in [1.82, 2.24) is 25.0 Å². The third-order valence-corrected chi connectivity index (χ3v) is 4.35. The van der Waals surface area contributed by atoms with Crippen molar-refractivity contribution in [2.75, 3.05) is 0 Å². The van der Waals surface area contributed by atoms with Gasteiger partial charge in [0.05, 0.1) is 17.6 Å². The third kappa shape index (κ3) is 8.11. The molecule has 3 aromatic rings. The normalized spacial score (nSPS) is 10.8. The molecule has 0 saturated carbocycles. The van der Waals surface area contributed by atoms with E-state index in [0.717, 1.165) is 9.26 Å². The van der Waals surface area contributed by atoms with Gasteiger partial charge in [-0.3, -0.25) is 9.59 Å². The van der Waals surface area contributed by atoms with Gasteiger partial charge in [0, 0.05) is 24.0 Å². The van der Waals surface area contributed by atoms with Crippen LogP contribution in [-0.2, 0) is 13.2 Å². The maximum atomic E-state index is 12.1. The van der Waals surface area contributed by atoms with E-state index in [0.29, 0.717) is 0 Å². The van der Waals surface area contributed by atoms with Crippen molar-refractivity contribution in [3.8, 4) is 5.75 Å². The van der Waals surface area contributed by atoms with E-state index in [4.69, 9.17) is 27.9 Å². The molecule has 1 N–H and O–H groups in total. The molecule has 8 nitrogen and oxygen atoms in total. The Balaban J connectivity index is 0.000000360. The second kappa shape index (κ2) is 10.7. The fourth-order valence-electron chi connectivity index (χ4n) is 1.98. The minimum Gasteiger partial charge on any atom is -0.485 e. The zero-order valence-electron chi connectivity index (χ0n) is 15.6. The molecule has 0 atom stereocenters. The predicted molar refractivity (Wildman–Crippen MR) is 120 cm³/mol. The Kier molecular flexibility index (Phi) is 8.60. The Morgan fingerprint density at radius 3 is 2.52 bits per heavy atom. The van der Waals surface area contributed by atoms with Crippen LogP contribution in [0, 0.1) is 3.70 Å². The van der Waals surface area contributed by atoms with Gasteiger partial charge < -0.3 is 4.74 Å². The maximum absolute atomic E-state index is 12.1. The highest BCUT2D eigenvalue weighted by Crippen LogP contribution is 2.21. The summed E-state index contributed by atoms with van der Waals surface area (Å²) >= 11 is 14.3. The predicted octanol–water partition coefficient (Wildman–Crippen LogP) is 3.26. The van der Waals surface area contributed by atoms with Crippen LogP contribution in [0.1, 0.15) is 19.4 Å². The summed E-state index contributed by atoms with van der Waals surface area (Å²) in [6.45, 7) is 4.11. The first-order chi connectivity index (χ1) is 13.7. The number of aromatic amines is 1. The molecule has 0 aromatic carbocycles. The summed E-state index contributed by atoms with van der Waals surface area (Å²) < 4.78 is 7.67. The van der Waals surface area contributed by atoms with Gasteiger partial charge in [0.1, 0.15) is 10.3 Å². The van der Waals surface area contributed by atoms with Gasteiger partial charge in [-0.1, -0.05) is 17.7 Å². The van der Waals surface area contributed by atoms with Crippen molar-refractivity contribution in [2.24, 2.45) is 0 Å². The maximum Gasteiger partial charge on any atom is 0.289 e. The van der Waals surface area contributed by atoms with Crippen molar-refractivity contribution < 1.29 is 4.74 Å². The Bertz CT molecular complexity index is 1030. The zero-order valence-corrected chi connectivity index (χ0v) is 19.3. The highest BCUT2D eigenvalue weighted by molar-refractivity contribution is 14.1. The molecular formula is C18H18Cl2IN5O3.